The Morgan fingerprint density at radius 2 is 2.21 bits per heavy atom. The number of hydrogen-bond donors (Lipinski definition) is 1. The minimum Gasteiger partial charge on any atom is -0.466 e. The normalized spacial score (nSPS) is 9.68. The van der Waals surface area contributed by atoms with Crippen molar-refractivity contribution in [2.75, 3.05) is 18.5 Å². The summed E-state index contributed by atoms with van der Waals surface area (Å²) in [5.74, 6) is 2.51. The molecule has 0 aliphatic heterocycles. The van der Waals surface area contributed by atoms with Gasteiger partial charge in [-0.3, -0.25) is 4.79 Å². The van der Waals surface area contributed by atoms with Crippen molar-refractivity contribution in [2.45, 2.75) is 32.6 Å². The number of rotatable bonds is 8. The summed E-state index contributed by atoms with van der Waals surface area (Å²) >= 11 is 0. The third-order valence-corrected chi connectivity index (χ3v) is 2.72. The van der Waals surface area contributed by atoms with Crippen LogP contribution in [0.2, 0.25) is 0 Å². The van der Waals surface area contributed by atoms with Gasteiger partial charge in [-0.2, -0.15) is 0 Å². The predicted octanol–water partition coefficient (Wildman–Crippen LogP) is 3.20. The van der Waals surface area contributed by atoms with Gasteiger partial charge in [-0.1, -0.05) is 18.4 Å². The van der Waals surface area contributed by atoms with Crippen LogP contribution in [0.15, 0.2) is 24.3 Å². The van der Waals surface area contributed by atoms with E-state index in [1.807, 2.05) is 31.2 Å². The summed E-state index contributed by atoms with van der Waals surface area (Å²) in [6.45, 7) is 3.18. The molecule has 3 nitrogen and oxygen atoms in total. The van der Waals surface area contributed by atoms with Gasteiger partial charge < -0.3 is 10.1 Å². The molecule has 102 valence electrons. The fourth-order valence-electron chi connectivity index (χ4n) is 1.76. The average Bonchev–Trinajstić information content (AvgIpc) is 2.43. The van der Waals surface area contributed by atoms with Crippen molar-refractivity contribution < 1.29 is 9.53 Å². The van der Waals surface area contributed by atoms with Gasteiger partial charge in [0, 0.05) is 24.2 Å². The largest absolute Gasteiger partial charge is 0.466 e. The quantitative estimate of drug-likeness (QED) is 0.442. The van der Waals surface area contributed by atoms with Crippen molar-refractivity contribution >= 4 is 11.7 Å². The van der Waals surface area contributed by atoms with Gasteiger partial charge in [0.25, 0.3) is 0 Å². The zero-order valence-electron chi connectivity index (χ0n) is 11.4. The van der Waals surface area contributed by atoms with Gasteiger partial charge in [0.05, 0.1) is 6.61 Å². The maximum atomic E-state index is 11.1. The van der Waals surface area contributed by atoms with Gasteiger partial charge in [0.15, 0.2) is 0 Å². The zero-order valence-corrected chi connectivity index (χ0v) is 11.4. The second-order valence-electron chi connectivity index (χ2n) is 4.27. The van der Waals surface area contributed by atoms with E-state index >= 15 is 0 Å². The SMILES string of the molecule is C#Cc1cccc(NCCCCCC(=O)OCC)c1. The number of anilines is 1. The molecule has 0 radical (unpaired) electrons. The molecule has 0 aliphatic carbocycles. The number of hydrogen-bond acceptors (Lipinski definition) is 3. The van der Waals surface area contributed by atoms with E-state index in [1.165, 1.54) is 0 Å². The Labute approximate surface area is 115 Å². The first-order valence-corrected chi connectivity index (χ1v) is 6.72. The Morgan fingerprint density at radius 3 is 2.95 bits per heavy atom. The molecule has 3 heteroatoms. The summed E-state index contributed by atoms with van der Waals surface area (Å²) in [6, 6.07) is 7.81. The molecule has 0 heterocycles. The Hall–Kier alpha value is -1.95. The van der Waals surface area contributed by atoms with E-state index in [1.54, 1.807) is 0 Å². The van der Waals surface area contributed by atoms with Crippen LogP contribution in [0.4, 0.5) is 5.69 Å². The second kappa shape index (κ2) is 9.04. The Morgan fingerprint density at radius 1 is 1.37 bits per heavy atom. The lowest BCUT2D eigenvalue weighted by Gasteiger charge is -2.06. The number of esters is 1. The fraction of sp³-hybridized carbons (Fsp3) is 0.438. The van der Waals surface area contributed by atoms with Crippen LogP contribution in [0, 0.1) is 12.3 Å². The van der Waals surface area contributed by atoms with Crippen LogP contribution in [-0.4, -0.2) is 19.1 Å². The average molecular weight is 259 g/mol. The first kappa shape index (κ1) is 15.1. The predicted molar refractivity (Wildman–Crippen MR) is 78.0 cm³/mol. The minimum absolute atomic E-state index is 0.0998. The number of terminal acetylenes is 1. The highest BCUT2D eigenvalue weighted by Gasteiger charge is 2.00. The summed E-state index contributed by atoms with van der Waals surface area (Å²) in [6.07, 6.45) is 8.78. The highest BCUT2D eigenvalue weighted by Crippen LogP contribution is 2.10. The number of carbonyl (C=O) groups is 1. The van der Waals surface area contributed by atoms with Crippen molar-refractivity contribution in [3.05, 3.63) is 29.8 Å². The highest BCUT2D eigenvalue weighted by atomic mass is 16.5. The molecular weight excluding hydrogens is 238 g/mol. The van der Waals surface area contributed by atoms with Crippen LogP contribution >= 0.6 is 0 Å². The summed E-state index contributed by atoms with van der Waals surface area (Å²) < 4.78 is 4.87. The van der Waals surface area contributed by atoms with E-state index in [0.29, 0.717) is 13.0 Å². The third-order valence-electron chi connectivity index (χ3n) is 2.72. The molecular formula is C16H21NO2. The molecule has 0 unspecified atom stereocenters. The number of ether oxygens (including phenoxy) is 1. The third kappa shape index (κ3) is 6.52. The molecule has 0 bridgehead atoms. The smallest absolute Gasteiger partial charge is 0.305 e. The van der Waals surface area contributed by atoms with Gasteiger partial charge in [0.2, 0.25) is 0 Å². The van der Waals surface area contributed by atoms with Crippen molar-refractivity contribution in [1.82, 2.24) is 0 Å². The molecule has 0 fully saturated rings. The Balaban J connectivity index is 2.11. The second-order valence-corrected chi connectivity index (χ2v) is 4.27. The van der Waals surface area contributed by atoms with Crippen molar-refractivity contribution in [3.63, 3.8) is 0 Å². The lowest BCUT2D eigenvalue weighted by Crippen LogP contribution is -2.05. The van der Waals surface area contributed by atoms with E-state index in [-0.39, 0.29) is 5.97 Å². The van der Waals surface area contributed by atoms with Gasteiger partial charge in [0.1, 0.15) is 0 Å². The summed E-state index contributed by atoms with van der Waals surface area (Å²) in [5.41, 5.74) is 1.92. The maximum Gasteiger partial charge on any atom is 0.305 e. The van der Waals surface area contributed by atoms with Crippen LogP contribution in [0.3, 0.4) is 0 Å². The first-order chi connectivity index (χ1) is 9.26. The Bertz CT molecular complexity index is 435. The van der Waals surface area contributed by atoms with E-state index < -0.39 is 0 Å². The number of unbranched alkanes of at least 4 members (excludes halogenated alkanes) is 2. The molecule has 0 amide bonds. The van der Waals surface area contributed by atoms with Crippen LogP contribution in [0.1, 0.15) is 38.2 Å². The van der Waals surface area contributed by atoms with Crippen molar-refractivity contribution in [2.24, 2.45) is 0 Å². The van der Waals surface area contributed by atoms with E-state index in [2.05, 4.69) is 11.2 Å². The number of benzene rings is 1. The van der Waals surface area contributed by atoms with E-state index in [4.69, 9.17) is 11.2 Å². The molecule has 0 saturated heterocycles. The molecule has 19 heavy (non-hydrogen) atoms. The summed E-state index contributed by atoms with van der Waals surface area (Å²) in [7, 11) is 0. The van der Waals surface area contributed by atoms with E-state index in [9.17, 15) is 4.79 Å². The van der Waals surface area contributed by atoms with Gasteiger partial charge in [-0.25, -0.2) is 0 Å². The topological polar surface area (TPSA) is 38.3 Å². The first-order valence-electron chi connectivity index (χ1n) is 6.72. The fourth-order valence-corrected chi connectivity index (χ4v) is 1.76. The maximum absolute atomic E-state index is 11.1. The number of carbonyl (C=O) groups excluding carboxylic acids is 1. The summed E-state index contributed by atoms with van der Waals surface area (Å²) in [4.78, 5) is 11.1. The molecule has 1 rings (SSSR count). The molecule has 1 aromatic rings. The lowest BCUT2D eigenvalue weighted by molar-refractivity contribution is -0.143. The highest BCUT2D eigenvalue weighted by molar-refractivity contribution is 5.69. The molecule has 1 aromatic carbocycles. The van der Waals surface area contributed by atoms with E-state index in [0.717, 1.165) is 37.1 Å². The Kier molecular flexibility index (Phi) is 7.19. The lowest BCUT2D eigenvalue weighted by atomic mass is 10.2. The number of nitrogens with one attached hydrogen (secondary N) is 1. The molecule has 0 aromatic heterocycles. The standard InChI is InChI=1S/C16H21NO2/c1-3-14-9-8-10-15(13-14)17-12-7-5-6-11-16(18)19-4-2/h1,8-10,13,17H,4-7,11-12H2,2H3. The van der Waals surface area contributed by atoms with Gasteiger partial charge >= 0.3 is 5.97 Å². The molecule has 0 atom stereocenters. The van der Waals surface area contributed by atoms with Crippen molar-refractivity contribution in [3.8, 4) is 12.3 Å². The molecule has 0 saturated carbocycles. The molecule has 0 aliphatic rings. The van der Waals surface area contributed by atoms with Crippen LogP contribution in [-0.2, 0) is 9.53 Å². The van der Waals surface area contributed by atoms with Crippen molar-refractivity contribution in [1.29, 1.82) is 0 Å². The summed E-state index contributed by atoms with van der Waals surface area (Å²) in [5, 5.41) is 3.32. The minimum atomic E-state index is -0.0998. The van der Waals surface area contributed by atoms with Gasteiger partial charge in [-0.05, 0) is 38.0 Å². The monoisotopic (exact) mass is 259 g/mol. The van der Waals surface area contributed by atoms with Crippen LogP contribution < -0.4 is 5.32 Å². The zero-order chi connectivity index (χ0) is 13.9. The van der Waals surface area contributed by atoms with Crippen LogP contribution in [0.25, 0.3) is 0 Å². The molecule has 1 N–H and O–H groups in total. The van der Waals surface area contributed by atoms with Gasteiger partial charge in [-0.15, -0.1) is 6.42 Å². The molecule has 0 spiro atoms. The van der Waals surface area contributed by atoms with Crippen LogP contribution in [0.5, 0.6) is 0 Å².